The summed E-state index contributed by atoms with van der Waals surface area (Å²) in [7, 11) is 0. The van der Waals surface area contributed by atoms with Crippen molar-refractivity contribution in [3.63, 3.8) is 0 Å². The Morgan fingerprint density at radius 3 is 2.65 bits per heavy atom. The van der Waals surface area contributed by atoms with Crippen LogP contribution in [0.1, 0.15) is 13.8 Å². The Labute approximate surface area is 137 Å². The lowest BCUT2D eigenvalue weighted by molar-refractivity contribution is -0.137. The van der Waals surface area contributed by atoms with E-state index in [-0.39, 0.29) is 17.6 Å². The Morgan fingerprint density at radius 2 is 1.91 bits per heavy atom. The number of carbonyl (C=O) groups excluding carboxylic acids is 1. The van der Waals surface area contributed by atoms with Crippen LogP contribution in [0.25, 0.3) is 16.7 Å². The predicted octanol–water partition coefficient (Wildman–Crippen LogP) is 3.34. The van der Waals surface area contributed by atoms with Crippen LogP contribution >= 0.6 is 11.6 Å². The lowest BCUT2D eigenvalue weighted by Gasteiger charge is -2.09. The summed E-state index contributed by atoms with van der Waals surface area (Å²) in [6.07, 6.45) is 0. The third-order valence-corrected chi connectivity index (χ3v) is 3.43. The molecule has 2 aromatic carbocycles. The minimum atomic E-state index is -0.355. The maximum Gasteiger partial charge on any atom is 0.313 e. The minimum Gasteiger partial charge on any atom is -0.506 e. The first-order valence-electron chi connectivity index (χ1n) is 7.02. The van der Waals surface area contributed by atoms with Gasteiger partial charge in [0.2, 0.25) is 0 Å². The fourth-order valence-corrected chi connectivity index (χ4v) is 2.12. The maximum atomic E-state index is 11.7. The van der Waals surface area contributed by atoms with Crippen LogP contribution in [0.4, 0.5) is 0 Å². The summed E-state index contributed by atoms with van der Waals surface area (Å²) in [6, 6.07) is 9.58. The molecule has 3 aromatic rings. The van der Waals surface area contributed by atoms with Gasteiger partial charge in [0.25, 0.3) is 0 Å². The molecule has 3 rings (SSSR count). The van der Waals surface area contributed by atoms with Crippen LogP contribution in [-0.2, 0) is 4.79 Å². The number of aromatic nitrogens is 3. The highest BCUT2D eigenvalue weighted by Crippen LogP contribution is 2.27. The Bertz CT molecular complexity index is 889. The molecule has 0 radical (unpaired) electrons. The van der Waals surface area contributed by atoms with Crippen molar-refractivity contribution >= 4 is 28.6 Å². The fourth-order valence-electron chi connectivity index (χ4n) is 1.96. The van der Waals surface area contributed by atoms with Gasteiger partial charge in [0.05, 0.1) is 5.92 Å². The topological polar surface area (TPSA) is 77.2 Å². The van der Waals surface area contributed by atoms with Crippen molar-refractivity contribution in [2.24, 2.45) is 5.92 Å². The van der Waals surface area contributed by atoms with Gasteiger partial charge in [0.15, 0.2) is 0 Å². The molecule has 0 atom stereocenters. The molecule has 0 amide bonds. The number of nitrogens with zero attached hydrogens (tertiary/aromatic N) is 3. The average Bonchev–Trinajstić information content (AvgIpc) is 2.91. The SMILES string of the molecule is CC(C)C(=O)Oc1ccc(O)c(-n2nc3ccc(Cl)cc3n2)c1. The fraction of sp³-hybridized carbons (Fsp3) is 0.188. The van der Waals surface area contributed by atoms with E-state index >= 15 is 0 Å². The van der Waals surface area contributed by atoms with Crippen molar-refractivity contribution in [1.82, 2.24) is 15.0 Å². The van der Waals surface area contributed by atoms with Gasteiger partial charge in [-0.05, 0) is 30.3 Å². The van der Waals surface area contributed by atoms with E-state index in [9.17, 15) is 9.90 Å². The smallest absolute Gasteiger partial charge is 0.313 e. The van der Waals surface area contributed by atoms with Crippen LogP contribution < -0.4 is 4.74 Å². The number of aromatic hydroxyl groups is 1. The van der Waals surface area contributed by atoms with Gasteiger partial charge < -0.3 is 9.84 Å². The van der Waals surface area contributed by atoms with Gasteiger partial charge in [-0.1, -0.05) is 25.4 Å². The predicted molar refractivity (Wildman–Crippen MR) is 86.0 cm³/mol. The zero-order valence-corrected chi connectivity index (χ0v) is 13.3. The molecule has 0 fully saturated rings. The second kappa shape index (κ2) is 5.89. The number of benzene rings is 2. The Morgan fingerprint density at radius 1 is 1.17 bits per heavy atom. The van der Waals surface area contributed by atoms with E-state index in [2.05, 4.69) is 10.2 Å². The van der Waals surface area contributed by atoms with E-state index in [1.807, 2.05) is 0 Å². The molecule has 118 valence electrons. The molecule has 0 spiro atoms. The second-order valence-corrected chi connectivity index (χ2v) is 5.79. The third-order valence-electron chi connectivity index (χ3n) is 3.19. The summed E-state index contributed by atoms with van der Waals surface area (Å²) in [4.78, 5) is 13.0. The van der Waals surface area contributed by atoms with Gasteiger partial charge in [0, 0.05) is 11.1 Å². The van der Waals surface area contributed by atoms with E-state index in [4.69, 9.17) is 16.3 Å². The maximum absolute atomic E-state index is 11.7. The molecule has 1 aromatic heterocycles. The number of ether oxygens (including phenoxy) is 1. The summed E-state index contributed by atoms with van der Waals surface area (Å²) in [5.41, 5.74) is 1.55. The molecule has 7 heteroatoms. The van der Waals surface area contributed by atoms with Crippen molar-refractivity contribution in [2.75, 3.05) is 0 Å². The second-order valence-electron chi connectivity index (χ2n) is 5.35. The molecule has 0 unspecified atom stereocenters. The number of hydrogen-bond acceptors (Lipinski definition) is 5. The van der Waals surface area contributed by atoms with Crippen molar-refractivity contribution in [3.05, 3.63) is 41.4 Å². The van der Waals surface area contributed by atoms with Gasteiger partial charge in [-0.3, -0.25) is 4.79 Å². The van der Waals surface area contributed by atoms with Crippen LogP contribution in [0.15, 0.2) is 36.4 Å². The summed E-state index contributed by atoms with van der Waals surface area (Å²) < 4.78 is 5.25. The number of phenolic OH excluding ortho intramolecular Hbond substituents is 1. The number of halogens is 1. The zero-order valence-electron chi connectivity index (χ0n) is 12.5. The van der Waals surface area contributed by atoms with Gasteiger partial charge >= 0.3 is 5.97 Å². The standard InChI is InChI=1S/C16H14ClN3O3/c1-9(2)16(22)23-11-4-6-15(21)14(8-11)20-18-12-5-3-10(17)7-13(12)19-20/h3-9,21H,1-2H3. The van der Waals surface area contributed by atoms with Crippen molar-refractivity contribution in [3.8, 4) is 17.2 Å². The highest BCUT2D eigenvalue weighted by Gasteiger charge is 2.14. The van der Waals surface area contributed by atoms with Crippen molar-refractivity contribution in [1.29, 1.82) is 0 Å². The molecule has 0 aliphatic heterocycles. The molecule has 1 N–H and O–H groups in total. The Hall–Kier alpha value is -2.60. The van der Waals surface area contributed by atoms with Crippen molar-refractivity contribution in [2.45, 2.75) is 13.8 Å². The number of hydrogen-bond donors (Lipinski definition) is 1. The molecule has 0 saturated carbocycles. The number of rotatable bonds is 3. The van der Waals surface area contributed by atoms with E-state index < -0.39 is 0 Å². The molecule has 1 heterocycles. The Kier molecular flexibility index (Phi) is 3.92. The molecular formula is C16H14ClN3O3. The van der Waals surface area contributed by atoms with Crippen LogP contribution in [0.3, 0.4) is 0 Å². The zero-order chi connectivity index (χ0) is 16.6. The summed E-state index contributed by atoms with van der Waals surface area (Å²) in [5, 5.41) is 19.2. The summed E-state index contributed by atoms with van der Waals surface area (Å²) >= 11 is 5.93. The van der Waals surface area contributed by atoms with E-state index in [0.29, 0.717) is 27.5 Å². The van der Waals surface area contributed by atoms with E-state index in [0.717, 1.165) is 0 Å². The highest BCUT2D eigenvalue weighted by molar-refractivity contribution is 6.31. The Balaban J connectivity index is 2.01. The summed E-state index contributed by atoms with van der Waals surface area (Å²) in [5.74, 6) is -0.316. The average molecular weight is 332 g/mol. The van der Waals surface area contributed by atoms with Crippen LogP contribution in [0, 0.1) is 5.92 Å². The van der Waals surface area contributed by atoms with Crippen LogP contribution in [-0.4, -0.2) is 26.1 Å². The van der Waals surface area contributed by atoms with Gasteiger partial charge in [0.1, 0.15) is 28.2 Å². The largest absolute Gasteiger partial charge is 0.506 e. The molecule has 0 saturated heterocycles. The molecule has 23 heavy (non-hydrogen) atoms. The summed E-state index contributed by atoms with van der Waals surface area (Å²) in [6.45, 7) is 3.49. The highest BCUT2D eigenvalue weighted by atomic mass is 35.5. The monoisotopic (exact) mass is 331 g/mol. The normalized spacial score (nSPS) is 11.1. The van der Waals surface area contributed by atoms with Crippen LogP contribution in [0.2, 0.25) is 5.02 Å². The van der Waals surface area contributed by atoms with Gasteiger partial charge in [-0.2, -0.15) is 0 Å². The minimum absolute atomic E-state index is 0.0271. The van der Waals surface area contributed by atoms with E-state index in [1.165, 1.54) is 23.0 Å². The number of carbonyl (C=O) groups is 1. The first-order chi connectivity index (χ1) is 10.9. The van der Waals surface area contributed by atoms with Crippen molar-refractivity contribution < 1.29 is 14.6 Å². The number of esters is 1. The van der Waals surface area contributed by atoms with Crippen LogP contribution in [0.5, 0.6) is 11.5 Å². The molecule has 0 aliphatic rings. The van der Waals surface area contributed by atoms with Gasteiger partial charge in [-0.25, -0.2) is 0 Å². The first kappa shape index (κ1) is 15.3. The molecular weight excluding hydrogens is 318 g/mol. The van der Waals surface area contributed by atoms with E-state index in [1.54, 1.807) is 32.0 Å². The lowest BCUT2D eigenvalue weighted by atomic mass is 10.2. The number of fused-ring (bicyclic) bond motifs is 1. The third kappa shape index (κ3) is 3.12. The molecule has 0 bridgehead atoms. The van der Waals surface area contributed by atoms with Gasteiger partial charge in [-0.15, -0.1) is 15.0 Å². The lowest BCUT2D eigenvalue weighted by Crippen LogP contribution is -2.15. The quantitative estimate of drug-likeness (QED) is 0.588. The first-order valence-corrected chi connectivity index (χ1v) is 7.39. The number of phenols is 1. The molecule has 0 aliphatic carbocycles. The molecule has 6 nitrogen and oxygen atoms in total.